The van der Waals surface area contributed by atoms with Gasteiger partial charge in [0.25, 0.3) is 5.91 Å². The molecule has 0 radical (unpaired) electrons. The molecule has 9 heteroatoms. The fraction of sp³-hybridized carbons (Fsp3) is 0.269. The molecule has 1 atom stereocenters. The van der Waals surface area contributed by atoms with Gasteiger partial charge in [-0.05, 0) is 79.4 Å². The van der Waals surface area contributed by atoms with Crippen molar-refractivity contribution in [3.63, 3.8) is 0 Å². The fourth-order valence-electron chi connectivity index (χ4n) is 3.79. The molecule has 1 amide bonds. The number of nitrogens with one attached hydrogen (secondary N) is 1. The van der Waals surface area contributed by atoms with Crippen LogP contribution in [0.4, 0.5) is 5.69 Å². The summed E-state index contributed by atoms with van der Waals surface area (Å²) in [5, 5.41) is 2.90. The van der Waals surface area contributed by atoms with E-state index in [1.165, 1.54) is 22.7 Å². The summed E-state index contributed by atoms with van der Waals surface area (Å²) in [6.07, 6.45) is 2.32. The number of carbonyl (C=O) groups is 1. The summed E-state index contributed by atoms with van der Waals surface area (Å²) in [6.45, 7) is 5.80. The van der Waals surface area contributed by atoms with Gasteiger partial charge in [-0.15, -0.1) is 0 Å². The number of benzene rings is 3. The van der Waals surface area contributed by atoms with Crippen LogP contribution in [-0.2, 0) is 26.4 Å². The van der Waals surface area contributed by atoms with Crippen molar-refractivity contribution in [2.75, 3.05) is 16.8 Å². The van der Waals surface area contributed by atoms with Crippen LogP contribution in [-0.4, -0.2) is 35.3 Å². The lowest BCUT2D eigenvalue weighted by atomic mass is 10.1. The van der Waals surface area contributed by atoms with Crippen molar-refractivity contribution in [3.8, 4) is 0 Å². The van der Waals surface area contributed by atoms with Gasteiger partial charge in [-0.1, -0.05) is 30.3 Å². The molecule has 3 aromatic rings. The highest BCUT2D eigenvalue weighted by atomic mass is 32.2. The summed E-state index contributed by atoms with van der Waals surface area (Å²) in [5.41, 5.74) is 4.50. The van der Waals surface area contributed by atoms with E-state index in [-0.39, 0.29) is 23.4 Å². The molecule has 1 N–H and O–H groups in total. The van der Waals surface area contributed by atoms with Crippen molar-refractivity contribution in [2.24, 2.45) is 0 Å². The first-order chi connectivity index (χ1) is 16.2. The van der Waals surface area contributed by atoms with Gasteiger partial charge in [-0.3, -0.25) is 9.10 Å². The highest BCUT2D eigenvalue weighted by Crippen LogP contribution is 2.24. The van der Waals surface area contributed by atoms with E-state index < -0.39 is 19.9 Å². The van der Waals surface area contributed by atoms with Gasteiger partial charge < -0.3 is 5.32 Å². The zero-order chi connectivity index (χ0) is 26.0. The number of hydrogen-bond donors (Lipinski definition) is 1. The Balaban J connectivity index is 1.73. The maximum absolute atomic E-state index is 12.7. The monoisotopic (exact) mass is 514 g/mol. The maximum atomic E-state index is 12.7. The molecule has 3 rings (SSSR count). The van der Waals surface area contributed by atoms with Crippen molar-refractivity contribution < 1.29 is 21.6 Å². The first-order valence-electron chi connectivity index (χ1n) is 11.0. The van der Waals surface area contributed by atoms with Gasteiger partial charge in [0, 0.05) is 11.8 Å². The van der Waals surface area contributed by atoms with E-state index in [0.717, 1.165) is 28.5 Å². The minimum absolute atomic E-state index is 0.146. The molecule has 0 fully saturated rings. The van der Waals surface area contributed by atoms with Crippen LogP contribution in [0.2, 0.25) is 0 Å². The third kappa shape index (κ3) is 6.93. The number of sulfonamides is 1. The highest BCUT2D eigenvalue weighted by Gasteiger charge is 2.19. The zero-order valence-electron chi connectivity index (χ0n) is 20.4. The average molecular weight is 515 g/mol. The molecular formula is C26H30N2O5S2. The van der Waals surface area contributed by atoms with Crippen molar-refractivity contribution in [1.82, 2.24) is 5.32 Å². The second kappa shape index (κ2) is 10.2. The zero-order valence-corrected chi connectivity index (χ0v) is 22.1. The number of amides is 1. The molecular weight excluding hydrogens is 484 g/mol. The molecule has 1 unspecified atom stereocenters. The molecule has 0 saturated carbocycles. The summed E-state index contributed by atoms with van der Waals surface area (Å²) in [7, 11) is -6.80. The van der Waals surface area contributed by atoms with E-state index in [0.29, 0.717) is 11.3 Å². The van der Waals surface area contributed by atoms with Crippen LogP contribution in [0.3, 0.4) is 0 Å². The van der Waals surface area contributed by atoms with Crippen LogP contribution in [0.5, 0.6) is 0 Å². The molecule has 0 bridgehead atoms. The predicted octanol–water partition coefficient (Wildman–Crippen LogP) is 4.16. The summed E-state index contributed by atoms with van der Waals surface area (Å²) in [4.78, 5) is 13.0. The van der Waals surface area contributed by atoms with E-state index >= 15 is 0 Å². The quantitative estimate of drug-likeness (QED) is 0.486. The van der Waals surface area contributed by atoms with Crippen LogP contribution < -0.4 is 9.62 Å². The Kier molecular flexibility index (Phi) is 7.71. The molecule has 0 aromatic heterocycles. The Morgan fingerprint density at radius 2 is 1.40 bits per heavy atom. The van der Waals surface area contributed by atoms with Crippen molar-refractivity contribution in [3.05, 3.63) is 94.5 Å². The molecule has 3 aromatic carbocycles. The van der Waals surface area contributed by atoms with Crippen molar-refractivity contribution in [1.29, 1.82) is 0 Å². The lowest BCUT2D eigenvalue weighted by molar-refractivity contribution is 0.0940. The second-order valence-corrected chi connectivity index (χ2v) is 12.8. The van der Waals surface area contributed by atoms with E-state index in [2.05, 4.69) is 5.32 Å². The first kappa shape index (κ1) is 26.4. The molecule has 35 heavy (non-hydrogen) atoms. The molecule has 7 nitrogen and oxygen atoms in total. The predicted molar refractivity (Wildman–Crippen MR) is 139 cm³/mol. The van der Waals surface area contributed by atoms with Crippen LogP contribution in [0.25, 0.3) is 0 Å². The van der Waals surface area contributed by atoms with Gasteiger partial charge in [0.05, 0.1) is 29.4 Å². The van der Waals surface area contributed by atoms with Crippen LogP contribution in [0, 0.1) is 13.8 Å². The molecule has 0 saturated heterocycles. The lowest BCUT2D eigenvalue weighted by Gasteiger charge is -2.23. The normalized spacial score (nSPS) is 12.7. The van der Waals surface area contributed by atoms with E-state index in [9.17, 15) is 21.6 Å². The van der Waals surface area contributed by atoms with Crippen molar-refractivity contribution >= 4 is 31.5 Å². The molecule has 0 aliphatic carbocycles. The standard InChI is InChI=1S/C26H30N2O5S2/c1-18-14-19(2)16-24(15-18)28(35(5,32)33)17-21-6-8-23(9-7-21)26(29)27-20(3)22-10-12-25(13-11-22)34(4,30)31/h6-16,20H,17H2,1-5H3,(H,27,29). The Morgan fingerprint density at radius 3 is 1.89 bits per heavy atom. The van der Waals surface area contributed by atoms with Gasteiger partial charge in [-0.2, -0.15) is 0 Å². The van der Waals surface area contributed by atoms with Crippen LogP contribution >= 0.6 is 0 Å². The average Bonchev–Trinajstić information content (AvgIpc) is 2.75. The summed E-state index contributed by atoms with van der Waals surface area (Å²) in [5.74, 6) is -0.287. The number of rotatable bonds is 8. The summed E-state index contributed by atoms with van der Waals surface area (Å²) < 4.78 is 49.6. The number of carbonyl (C=O) groups excluding carboxylic acids is 1. The largest absolute Gasteiger partial charge is 0.346 e. The maximum Gasteiger partial charge on any atom is 0.251 e. The minimum atomic E-state index is -3.52. The topological polar surface area (TPSA) is 101 Å². The van der Waals surface area contributed by atoms with Gasteiger partial charge >= 0.3 is 0 Å². The third-order valence-electron chi connectivity index (χ3n) is 5.59. The number of sulfone groups is 1. The smallest absolute Gasteiger partial charge is 0.251 e. The third-order valence-corrected chi connectivity index (χ3v) is 7.86. The first-order valence-corrected chi connectivity index (χ1v) is 14.7. The molecule has 0 aliphatic heterocycles. The molecule has 0 spiro atoms. The number of hydrogen-bond acceptors (Lipinski definition) is 5. The fourth-order valence-corrected chi connectivity index (χ4v) is 5.29. The van der Waals surface area contributed by atoms with E-state index in [1.54, 1.807) is 36.4 Å². The van der Waals surface area contributed by atoms with Gasteiger partial charge in [0.2, 0.25) is 10.0 Å². The van der Waals surface area contributed by atoms with Gasteiger partial charge in [0.15, 0.2) is 9.84 Å². The Morgan fingerprint density at radius 1 is 0.857 bits per heavy atom. The SMILES string of the molecule is Cc1cc(C)cc(N(Cc2ccc(C(=O)NC(C)c3ccc(S(C)(=O)=O)cc3)cc2)S(C)(=O)=O)c1. The Bertz CT molecular complexity index is 1410. The van der Waals surface area contributed by atoms with Crippen molar-refractivity contribution in [2.45, 2.75) is 38.3 Å². The highest BCUT2D eigenvalue weighted by molar-refractivity contribution is 7.92. The Labute approximate surface area is 207 Å². The van der Waals surface area contributed by atoms with Gasteiger partial charge in [-0.25, -0.2) is 16.8 Å². The number of anilines is 1. The number of nitrogens with zero attached hydrogens (tertiary/aromatic N) is 1. The van der Waals surface area contributed by atoms with Crippen LogP contribution in [0.1, 0.15) is 45.6 Å². The Hall–Kier alpha value is -3.17. The summed E-state index contributed by atoms with van der Waals surface area (Å²) in [6, 6.07) is 18.5. The number of aryl methyl sites for hydroxylation is 2. The second-order valence-electron chi connectivity index (χ2n) is 8.85. The van der Waals surface area contributed by atoms with E-state index in [4.69, 9.17) is 0 Å². The minimum Gasteiger partial charge on any atom is -0.346 e. The summed E-state index contributed by atoms with van der Waals surface area (Å²) >= 11 is 0. The van der Waals surface area contributed by atoms with E-state index in [1.807, 2.05) is 39.0 Å². The lowest BCUT2D eigenvalue weighted by Crippen LogP contribution is -2.29. The molecule has 0 aliphatic rings. The van der Waals surface area contributed by atoms with Gasteiger partial charge in [0.1, 0.15) is 0 Å². The molecule has 0 heterocycles. The molecule has 186 valence electrons. The van der Waals surface area contributed by atoms with Crippen LogP contribution in [0.15, 0.2) is 71.6 Å².